The van der Waals surface area contributed by atoms with Gasteiger partial charge in [0.25, 0.3) is 0 Å². The van der Waals surface area contributed by atoms with Gasteiger partial charge in [-0.25, -0.2) is 4.79 Å². The van der Waals surface area contributed by atoms with Crippen LogP contribution >= 0.6 is 23.2 Å². The quantitative estimate of drug-likeness (QED) is 0.563. The summed E-state index contributed by atoms with van der Waals surface area (Å²) in [4.78, 5) is 24.3. The molecule has 2 rings (SSSR count). The van der Waals surface area contributed by atoms with Crippen LogP contribution in [0.4, 0.5) is 5.69 Å². The summed E-state index contributed by atoms with van der Waals surface area (Å²) in [5.74, 6) is -0.394. The van der Waals surface area contributed by atoms with Gasteiger partial charge < -0.3 is 19.5 Å². The topological polar surface area (TPSA) is 73.9 Å². The van der Waals surface area contributed by atoms with Crippen LogP contribution in [0.25, 0.3) is 6.08 Å². The van der Waals surface area contributed by atoms with Gasteiger partial charge in [0, 0.05) is 18.2 Å². The van der Waals surface area contributed by atoms with E-state index in [-0.39, 0.29) is 11.3 Å². The van der Waals surface area contributed by atoms with Crippen LogP contribution < -0.4 is 14.8 Å². The molecule has 2 aromatic rings. The van der Waals surface area contributed by atoms with Crippen LogP contribution in [0, 0.1) is 0 Å². The van der Waals surface area contributed by atoms with E-state index < -0.39 is 11.9 Å². The van der Waals surface area contributed by atoms with E-state index in [4.69, 9.17) is 37.4 Å². The van der Waals surface area contributed by atoms with Crippen molar-refractivity contribution >= 4 is 46.8 Å². The van der Waals surface area contributed by atoms with Gasteiger partial charge in [-0.3, -0.25) is 4.79 Å². The highest BCUT2D eigenvalue weighted by molar-refractivity contribution is 6.42. The summed E-state index contributed by atoms with van der Waals surface area (Å²) in [6, 6.07) is 7.89. The normalized spacial score (nSPS) is 10.6. The molecule has 6 nitrogen and oxygen atoms in total. The maximum Gasteiger partial charge on any atom is 0.340 e. The first-order valence-corrected chi connectivity index (χ1v) is 8.43. The molecule has 0 aliphatic heterocycles. The number of ether oxygens (including phenoxy) is 3. The number of methoxy groups -OCH3 is 3. The van der Waals surface area contributed by atoms with Crippen molar-refractivity contribution in [3.05, 3.63) is 57.6 Å². The zero-order chi connectivity index (χ0) is 20.0. The van der Waals surface area contributed by atoms with Crippen LogP contribution in [-0.2, 0) is 9.53 Å². The predicted octanol–water partition coefficient (Wildman–Crippen LogP) is 4.45. The summed E-state index contributed by atoms with van der Waals surface area (Å²) < 4.78 is 15.1. The first-order valence-electron chi connectivity index (χ1n) is 7.68. The molecule has 0 fully saturated rings. The van der Waals surface area contributed by atoms with Gasteiger partial charge in [0.2, 0.25) is 5.91 Å². The molecule has 27 heavy (non-hydrogen) atoms. The Balaban J connectivity index is 2.28. The van der Waals surface area contributed by atoms with E-state index in [1.807, 2.05) is 0 Å². The zero-order valence-electron chi connectivity index (χ0n) is 14.8. The minimum atomic E-state index is -0.625. The lowest BCUT2D eigenvalue weighted by atomic mass is 10.1. The van der Waals surface area contributed by atoms with Crippen LogP contribution in [0.3, 0.4) is 0 Å². The maximum atomic E-state index is 12.3. The van der Waals surface area contributed by atoms with Crippen molar-refractivity contribution in [3.63, 3.8) is 0 Å². The Morgan fingerprint density at radius 3 is 2.22 bits per heavy atom. The second-order valence-corrected chi connectivity index (χ2v) is 6.05. The summed E-state index contributed by atoms with van der Waals surface area (Å²) in [5.41, 5.74) is 1.05. The lowest BCUT2D eigenvalue weighted by Gasteiger charge is -2.14. The first-order chi connectivity index (χ1) is 12.9. The Labute approximate surface area is 166 Å². The van der Waals surface area contributed by atoms with Crippen molar-refractivity contribution in [2.45, 2.75) is 0 Å². The van der Waals surface area contributed by atoms with E-state index in [1.54, 1.807) is 24.3 Å². The minimum Gasteiger partial charge on any atom is -0.493 e. The highest BCUT2D eigenvalue weighted by Crippen LogP contribution is 2.33. The van der Waals surface area contributed by atoms with E-state index in [1.165, 1.54) is 39.5 Å². The predicted molar refractivity (Wildman–Crippen MR) is 105 cm³/mol. The summed E-state index contributed by atoms with van der Waals surface area (Å²) in [6.07, 6.45) is 2.87. The lowest BCUT2D eigenvalue weighted by Crippen LogP contribution is -2.13. The molecule has 142 valence electrons. The Bertz CT molecular complexity index is 896. The molecule has 0 aliphatic rings. The van der Waals surface area contributed by atoms with Crippen molar-refractivity contribution in [1.29, 1.82) is 0 Å². The number of esters is 1. The first kappa shape index (κ1) is 20.6. The number of halogens is 2. The average Bonchev–Trinajstić information content (AvgIpc) is 2.67. The highest BCUT2D eigenvalue weighted by atomic mass is 35.5. The van der Waals surface area contributed by atoms with Gasteiger partial charge in [0.05, 0.1) is 42.6 Å². The second kappa shape index (κ2) is 9.30. The molecule has 1 N–H and O–H groups in total. The number of anilines is 1. The molecule has 0 aromatic heterocycles. The van der Waals surface area contributed by atoms with Crippen molar-refractivity contribution in [2.24, 2.45) is 0 Å². The van der Waals surface area contributed by atoms with E-state index in [2.05, 4.69) is 5.32 Å². The van der Waals surface area contributed by atoms with E-state index in [0.717, 1.165) is 0 Å². The van der Waals surface area contributed by atoms with Gasteiger partial charge in [-0.05, 0) is 23.8 Å². The smallest absolute Gasteiger partial charge is 0.340 e. The van der Waals surface area contributed by atoms with E-state index in [9.17, 15) is 9.59 Å². The Hall–Kier alpha value is -2.70. The van der Waals surface area contributed by atoms with E-state index >= 15 is 0 Å². The number of nitrogens with one attached hydrogen (secondary N) is 1. The van der Waals surface area contributed by atoms with Gasteiger partial charge in [0.1, 0.15) is 0 Å². The average molecular weight is 410 g/mol. The fourth-order valence-electron chi connectivity index (χ4n) is 2.22. The fourth-order valence-corrected chi connectivity index (χ4v) is 2.53. The molecule has 0 saturated heterocycles. The minimum absolute atomic E-state index is 0.131. The number of benzene rings is 2. The van der Waals surface area contributed by atoms with E-state index in [0.29, 0.717) is 27.1 Å². The van der Waals surface area contributed by atoms with Gasteiger partial charge in [-0.1, -0.05) is 29.3 Å². The standard InChI is InChI=1S/C19H17Cl2NO5/c1-25-16-9-12(19(24)27-3)15(10-17(16)26-2)22-18(23)7-5-11-4-6-13(20)14(21)8-11/h4-10H,1-3H3,(H,22,23)/b7-5+. The molecule has 0 aliphatic carbocycles. The largest absolute Gasteiger partial charge is 0.493 e. The SMILES string of the molecule is COC(=O)c1cc(OC)c(OC)cc1NC(=O)/C=C/c1ccc(Cl)c(Cl)c1. The number of hydrogen-bond acceptors (Lipinski definition) is 5. The molecule has 8 heteroatoms. The fraction of sp³-hybridized carbons (Fsp3) is 0.158. The van der Waals surface area contributed by atoms with Crippen LogP contribution in [0.1, 0.15) is 15.9 Å². The summed E-state index contributed by atoms with van der Waals surface area (Å²) in [5, 5.41) is 3.43. The summed E-state index contributed by atoms with van der Waals surface area (Å²) in [6.45, 7) is 0. The molecule has 2 aromatic carbocycles. The van der Waals surface area contributed by atoms with Crippen molar-refractivity contribution in [1.82, 2.24) is 0 Å². The molecule has 0 bridgehead atoms. The van der Waals surface area contributed by atoms with Gasteiger partial charge in [-0.2, -0.15) is 0 Å². The molecular formula is C19H17Cl2NO5. The van der Waals surface area contributed by atoms with Crippen molar-refractivity contribution in [2.75, 3.05) is 26.6 Å². The molecule has 0 radical (unpaired) electrons. The number of carbonyl (C=O) groups is 2. The third kappa shape index (κ3) is 5.15. The number of carbonyl (C=O) groups excluding carboxylic acids is 2. The van der Waals surface area contributed by atoms with Crippen LogP contribution in [0.15, 0.2) is 36.4 Å². The molecule has 0 saturated carbocycles. The van der Waals surface area contributed by atoms with Gasteiger partial charge >= 0.3 is 5.97 Å². The monoisotopic (exact) mass is 409 g/mol. The number of rotatable bonds is 6. The van der Waals surface area contributed by atoms with Crippen LogP contribution in [0.2, 0.25) is 10.0 Å². The maximum absolute atomic E-state index is 12.3. The van der Waals surface area contributed by atoms with Gasteiger partial charge in [0.15, 0.2) is 11.5 Å². The third-order valence-electron chi connectivity index (χ3n) is 3.56. The molecule has 1 amide bonds. The van der Waals surface area contributed by atoms with Crippen LogP contribution in [0.5, 0.6) is 11.5 Å². The molecule has 0 atom stereocenters. The summed E-state index contributed by atoms with van der Waals surface area (Å²) in [7, 11) is 4.14. The number of amides is 1. The zero-order valence-corrected chi connectivity index (χ0v) is 16.4. The third-order valence-corrected chi connectivity index (χ3v) is 4.30. The van der Waals surface area contributed by atoms with Crippen LogP contribution in [-0.4, -0.2) is 33.2 Å². The van der Waals surface area contributed by atoms with Crippen molar-refractivity contribution < 1.29 is 23.8 Å². The summed E-state index contributed by atoms with van der Waals surface area (Å²) >= 11 is 11.8. The molecular weight excluding hydrogens is 393 g/mol. The van der Waals surface area contributed by atoms with Gasteiger partial charge in [-0.15, -0.1) is 0 Å². The molecule has 0 unspecified atom stereocenters. The second-order valence-electron chi connectivity index (χ2n) is 5.24. The Morgan fingerprint density at radius 2 is 1.63 bits per heavy atom. The Kier molecular flexibility index (Phi) is 7.10. The number of hydrogen-bond donors (Lipinski definition) is 1. The lowest BCUT2D eigenvalue weighted by molar-refractivity contribution is -0.111. The van der Waals surface area contributed by atoms with Crippen molar-refractivity contribution in [3.8, 4) is 11.5 Å². The molecule has 0 heterocycles. The molecule has 0 spiro atoms. The highest BCUT2D eigenvalue weighted by Gasteiger charge is 2.18. The Morgan fingerprint density at radius 1 is 0.963 bits per heavy atom.